The standard InChI is InChI=1S/C30H26FN7O2/c1-3-24(39)33-16-19-7-5-8-21(14-19)37-12-13-38-29-27(28(32)34-17-35-29)26(30(37)38)20-10-11-23(22(31)15-20)40-25-9-4-6-18(2)36-25/h3-11,14-15,17H,1,12-13,16H2,2H3,(H,33,39)(H2,32,34,35). The molecule has 1 aliphatic rings. The summed E-state index contributed by atoms with van der Waals surface area (Å²) >= 11 is 0. The lowest BCUT2D eigenvalue weighted by atomic mass is 10.0. The van der Waals surface area contributed by atoms with Gasteiger partial charge < -0.3 is 25.3 Å². The number of halogens is 1. The highest BCUT2D eigenvalue weighted by molar-refractivity contribution is 6.08. The first-order chi connectivity index (χ1) is 19.4. The van der Waals surface area contributed by atoms with Crippen molar-refractivity contribution in [2.24, 2.45) is 0 Å². The van der Waals surface area contributed by atoms with Crippen LogP contribution in [0.5, 0.6) is 11.6 Å². The lowest BCUT2D eigenvalue weighted by Gasteiger charge is -2.21. The molecule has 5 aromatic rings. The molecular weight excluding hydrogens is 509 g/mol. The number of anilines is 3. The van der Waals surface area contributed by atoms with E-state index < -0.39 is 5.82 Å². The van der Waals surface area contributed by atoms with Crippen LogP contribution in [0.15, 0.2) is 79.6 Å². The first-order valence-corrected chi connectivity index (χ1v) is 12.7. The van der Waals surface area contributed by atoms with Crippen molar-refractivity contribution in [1.82, 2.24) is 24.8 Å². The molecule has 0 unspecified atom stereocenters. The number of nitrogens with two attached hydrogens (primary N) is 1. The topological polar surface area (TPSA) is 111 Å². The minimum atomic E-state index is -0.533. The van der Waals surface area contributed by atoms with Crippen LogP contribution in [0.25, 0.3) is 22.2 Å². The van der Waals surface area contributed by atoms with E-state index in [0.29, 0.717) is 47.9 Å². The van der Waals surface area contributed by atoms with Crippen LogP contribution in [0.4, 0.5) is 21.7 Å². The number of nitrogen functional groups attached to an aromatic ring is 1. The highest BCUT2D eigenvalue weighted by atomic mass is 19.1. The minimum absolute atomic E-state index is 0.0670. The Morgan fingerprint density at radius 3 is 2.80 bits per heavy atom. The highest BCUT2D eigenvalue weighted by Crippen LogP contribution is 2.47. The van der Waals surface area contributed by atoms with Crippen molar-refractivity contribution in [2.45, 2.75) is 20.0 Å². The van der Waals surface area contributed by atoms with E-state index in [0.717, 1.165) is 28.3 Å². The third kappa shape index (κ3) is 4.49. The molecule has 40 heavy (non-hydrogen) atoms. The summed E-state index contributed by atoms with van der Waals surface area (Å²) in [5.74, 6) is 0.757. The maximum atomic E-state index is 15.5. The van der Waals surface area contributed by atoms with Crippen LogP contribution in [-0.2, 0) is 17.9 Å². The van der Waals surface area contributed by atoms with Crippen LogP contribution in [0.2, 0.25) is 0 Å². The maximum absolute atomic E-state index is 15.5. The normalized spacial score (nSPS) is 12.4. The van der Waals surface area contributed by atoms with Crippen LogP contribution in [0, 0.1) is 12.7 Å². The van der Waals surface area contributed by atoms with Gasteiger partial charge in [-0.05, 0) is 54.5 Å². The van der Waals surface area contributed by atoms with Crippen LogP contribution in [-0.4, -0.2) is 32.0 Å². The van der Waals surface area contributed by atoms with Crippen molar-refractivity contribution in [1.29, 1.82) is 0 Å². The number of hydrogen-bond donors (Lipinski definition) is 2. The van der Waals surface area contributed by atoms with Gasteiger partial charge in [-0.2, -0.15) is 0 Å². The summed E-state index contributed by atoms with van der Waals surface area (Å²) in [4.78, 5) is 26.9. The molecule has 200 valence electrons. The van der Waals surface area contributed by atoms with Gasteiger partial charge in [0.25, 0.3) is 0 Å². The van der Waals surface area contributed by atoms with E-state index in [9.17, 15) is 4.79 Å². The fraction of sp³-hybridized carbons (Fsp3) is 0.133. The molecule has 0 aliphatic carbocycles. The van der Waals surface area contributed by atoms with E-state index in [-0.39, 0.29) is 11.7 Å². The predicted molar refractivity (Wildman–Crippen MR) is 152 cm³/mol. The van der Waals surface area contributed by atoms with Gasteiger partial charge in [-0.15, -0.1) is 0 Å². The van der Waals surface area contributed by atoms with Gasteiger partial charge in [0.2, 0.25) is 11.8 Å². The third-order valence-corrected chi connectivity index (χ3v) is 6.82. The van der Waals surface area contributed by atoms with Gasteiger partial charge in [0, 0.05) is 42.6 Å². The number of amides is 1. The molecule has 0 radical (unpaired) electrons. The summed E-state index contributed by atoms with van der Waals surface area (Å²) in [6.07, 6.45) is 2.68. The van der Waals surface area contributed by atoms with E-state index in [1.165, 1.54) is 18.5 Å². The van der Waals surface area contributed by atoms with Crippen molar-refractivity contribution in [3.63, 3.8) is 0 Å². The number of hydrogen-bond acceptors (Lipinski definition) is 7. The van der Waals surface area contributed by atoms with Crippen LogP contribution in [0.3, 0.4) is 0 Å². The number of nitrogens with zero attached hydrogens (tertiary/aromatic N) is 5. The molecule has 6 rings (SSSR count). The van der Waals surface area contributed by atoms with Gasteiger partial charge in [0.1, 0.15) is 23.6 Å². The lowest BCUT2D eigenvalue weighted by Crippen LogP contribution is -2.20. The first-order valence-electron chi connectivity index (χ1n) is 12.7. The average molecular weight is 536 g/mol. The largest absolute Gasteiger partial charge is 0.436 e. The molecule has 3 aromatic heterocycles. The molecule has 3 N–H and O–H groups in total. The van der Waals surface area contributed by atoms with Gasteiger partial charge in [0.15, 0.2) is 11.6 Å². The Kier molecular flexibility index (Phi) is 6.35. The molecular formula is C30H26FN7O2. The molecule has 0 saturated carbocycles. The minimum Gasteiger partial charge on any atom is -0.436 e. The molecule has 4 heterocycles. The van der Waals surface area contributed by atoms with E-state index in [1.54, 1.807) is 24.3 Å². The molecule has 0 spiro atoms. The van der Waals surface area contributed by atoms with Gasteiger partial charge in [-0.1, -0.05) is 30.8 Å². The number of ether oxygens (including phenoxy) is 1. The second kappa shape index (κ2) is 10.1. The van der Waals surface area contributed by atoms with Crippen LogP contribution in [0.1, 0.15) is 11.3 Å². The van der Waals surface area contributed by atoms with Crippen molar-refractivity contribution in [2.75, 3.05) is 17.2 Å². The number of fused-ring (bicyclic) bond motifs is 3. The molecule has 1 aliphatic heterocycles. The van der Waals surface area contributed by atoms with Crippen molar-refractivity contribution >= 4 is 34.3 Å². The fourth-order valence-corrected chi connectivity index (χ4v) is 5.03. The Morgan fingerprint density at radius 2 is 2.00 bits per heavy atom. The number of nitrogens with one attached hydrogen (secondary N) is 1. The summed E-state index contributed by atoms with van der Waals surface area (Å²) in [7, 11) is 0. The van der Waals surface area contributed by atoms with Crippen molar-refractivity contribution in [3.05, 3.63) is 96.7 Å². The Labute approximate surface area is 229 Å². The number of carbonyl (C=O) groups excluding carboxylic acids is 1. The second-order valence-corrected chi connectivity index (χ2v) is 9.42. The Balaban J connectivity index is 1.43. The number of carbonyl (C=O) groups is 1. The van der Waals surface area contributed by atoms with Crippen molar-refractivity contribution in [3.8, 4) is 22.8 Å². The smallest absolute Gasteiger partial charge is 0.243 e. The molecule has 0 atom stereocenters. The Morgan fingerprint density at radius 1 is 1.15 bits per heavy atom. The number of benzene rings is 2. The Hall–Kier alpha value is -5.25. The van der Waals surface area contributed by atoms with Gasteiger partial charge in [-0.3, -0.25) is 4.79 Å². The van der Waals surface area contributed by atoms with E-state index in [4.69, 9.17) is 10.5 Å². The quantitative estimate of drug-likeness (QED) is 0.273. The number of aromatic nitrogens is 4. The number of rotatable bonds is 7. The first kappa shape index (κ1) is 25.1. The molecule has 1 amide bonds. The van der Waals surface area contributed by atoms with Crippen molar-refractivity contribution < 1.29 is 13.9 Å². The monoisotopic (exact) mass is 535 g/mol. The molecule has 0 bridgehead atoms. The fourth-order valence-electron chi connectivity index (χ4n) is 5.03. The zero-order chi connectivity index (χ0) is 27.8. The molecule has 9 nitrogen and oxygen atoms in total. The predicted octanol–water partition coefficient (Wildman–Crippen LogP) is 5.27. The summed E-state index contributed by atoms with van der Waals surface area (Å²) in [5.41, 5.74) is 11.0. The SMILES string of the molecule is C=CC(=O)NCc1cccc(N2CCn3c2c(-c2ccc(Oc4cccc(C)n4)c(F)c2)c2c(N)ncnc23)c1. The molecule has 2 aromatic carbocycles. The third-order valence-electron chi connectivity index (χ3n) is 6.82. The van der Waals surface area contributed by atoms with E-state index >= 15 is 4.39 Å². The van der Waals surface area contributed by atoms with E-state index in [1.807, 2.05) is 37.3 Å². The summed E-state index contributed by atoms with van der Waals surface area (Å²) in [5, 5.41) is 3.47. The average Bonchev–Trinajstić information content (AvgIpc) is 3.52. The number of pyridine rings is 1. The van der Waals surface area contributed by atoms with Gasteiger partial charge in [-0.25, -0.2) is 19.3 Å². The Bertz CT molecular complexity index is 1780. The zero-order valence-electron chi connectivity index (χ0n) is 21.8. The zero-order valence-corrected chi connectivity index (χ0v) is 21.8. The highest BCUT2D eigenvalue weighted by Gasteiger charge is 2.31. The van der Waals surface area contributed by atoms with Crippen LogP contribution < -0.4 is 20.7 Å². The van der Waals surface area contributed by atoms with Gasteiger partial charge in [0.05, 0.1) is 5.39 Å². The number of aryl methyl sites for hydroxylation is 1. The lowest BCUT2D eigenvalue weighted by molar-refractivity contribution is -0.116. The summed E-state index contributed by atoms with van der Waals surface area (Å²) in [6.45, 7) is 7.04. The second-order valence-electron chi connectivity index (χ2n) is 9.42. The van der Waals surface area contributed by atoms with Crippen LogP contribution >= 0.6 is 0 Å². The van der Waals surface area contributed by atoms with Gasteiger partial charge >= 0.3 is 0 Å². The summed E-state index contributed by atoms with van der Waals surface area (Å²) in [6, 6.07) is 18.1. The van der Waals surface area contributed by atoms with E-state index in [2.05, 4.69) is 36.3 Å². The molecule has 10 heteroatoms. The molecule has 0 saturated heterocycles. The molecule has 0 fully saturated rings. The summed E-state index contributed by atoms with van der Waals surface area (Å²) < 4.78 is 23.3. The maximum Gasteiger partial charge on any atom is 0.243 e.